The van der Waals surface area contributed by atoms with Crippen LogP contribution in [0.15, 0.2) is 12.2 Å². The normalized spacial score (nSPS) is 12.9. The first kappa shape index (κ1) is 20.5. The van der Waals surface area contributed by atoms with Crippen LogP contribution in [0.1, 0.15) is 67.2 Å². The van der Waals surface area contributed by atoms with Crippen LogP contribution in [0.4, 0.5) is 0 Å². The van der Waals surface area contributed by atoms with Crippen molar-refractivity contribution in [2.75, 3.05) is 0 Å². The van der Waals surface area contributed by atoms with Crippen LogP contribution in [0.25, 0.3) is 0 Å². The largest absolute Gasteiger partial charge is 0.403 e. The van der Waals surface area contributed by atoms with E-state index in [-0.39, 0.29) is 6.10 Å². The van der Waals surface area contributed by atoms with Crippen molar-refractivity contribution in [2.24, 2.45) is 5.92 Å². The van der Waals surface area contributed by atoms with Crippen LogP contribution in [-0.2, 0) is 4.43 Å². The molecule has 0 aromatic rings. The molecule has 0 radical (unpaired) electrons. The molecule has 0 aliphatic carbocycles. The van der Waals surface area contributed by atoms with Gasteiger partial charge in [-0.1, -0.05) is 72.3 Å². The molecular weight excluding hydrogens is 272 g/mol. The predicted molar refractivity (Wildman–Crippen MR) is 98.0 cm³/mol. The summed E-state index contributed by atoms with van der Waals surface area (Å²) in [5.74, 6) is 7.11. The van der Waals surface area contributed by atoms with Gasteiger partial charge in [-0.25, -0.2) is 0 Å². The molecule has 0 aliphatic rings. The van der Waals surface area contributed by atoms with E-state index in [4.69, 9.17) is 4.43 Å². The summed E-state index contributed by atoms with van der Waals surface area (Å²) in [4.78, 5) is 0. The molecule has 122 valence electrons. The Morgan fingerprint density at radius 3 is 1.86 bits per heavy atom. The summed E-state index contributed by atoms with van der Waals surface area (Å²) in [7, 11) is -1.63. The van der Waals surface area contributed by atoms with E-state index in [1.807, 2.05) is 6.92 Å². The van der Waals surface area contributed by atoms with E-state index in [2.05, 4.69) is 53.0 Å². The van der Waals surface area contributed by atoms with Crippen LogP contribution in [0.3, 0.4) is 0 Å². The predicted octanol–water partition coefficient (Wildman–Crippen LogP) is 6.17. The molecule has 0 bridgehead atoms. The third-order valence-corrected chi connectivity index (χ3v) is 8.66. The van der Waals surface area contributed by atoms with Crippen LogP contribution >= 0.6 is 0 Å². The molecule has 0 heterocycles. The molecule has 0 aliphatic heterocycles. The average molecular weight is 309 g/mol. The summed E-state index contributed by atoms with van der Waals surface area (Å²) in [6.45, 7) is 17.2. The van der Waals surface area contributed by atoms with Gasteiger partial charge in [0, 0.05) is 0 Å². The van der Waals surface area contributed by atoms with Crippen molar-refractivity contribution in [1.82, 2.24) is 0 Å². The first-order chi connectivity index (χ1) is 9.89. The van der Waals surface area contributed by atoms with E-state index in [0.29, 0.717) is 5.92 Å². The Hall–Kier alpha value is -0.523. The molecule has 2 heteroatoms. The maximum absolute atomic E-state index is 6.74. The minimum absolute atomic E-state index is 0.0954. The monoisotopic (exact) mass is 308 g/mol. The zero-order valence-corrected chi connectivity index (χ0v) is 16.2. The standard InChI is InChI=1S/C19H36OSi/c1-8-13-21(14-9-2,15-10-3)20-19(16-18(6)7)12-11-17(4)5/h18-19H,4,8-10,13-16H2,1-3,5-7H3. The minimum Gasteiger partial charge on any atom is -0.403 e. The molecule has 21 heavy (non-hydrogen) atoms. The fourth-order valence-corrected chi connectivity index (χ4v) is 7.58. The van der Waals surface area contributed by atoms with Crippen LogP contribution in [0, 0.1) is 17.8 Å². The highest BCUT2D eigenvalue weighted by Gasteiger charge is 2.34. The topological polar surface area (TPSA) is 9.23 Å². The van der Waals surface area contributed by atoms with E-state index in [1.54, 1.807) is 0 Å². The molecule has 0 N–H and O–H groups in total. The van der Waals surface area contributed by atoms with E-state index < -0.39 is 8.32 Å². The fourth-order valence-electron chi connectivity index (χ4n) is 2.99. The van der Waals surface area contributed by atoms with Crippen LogP contribution in [0.2, 0.25) is 18.1 Å². The van der Waals surface area contributed by atoms with Gasteiger partial charge in [0.2, 0.25) is 0 Å². The lowest BCUT2D eigenvalue weighted by Crippen LogP contribution is -2.41. The first-order valence-electron chi connectivity index (χ1n) is 8.74. The number of rotatable bonds is 10. The van der Waals surface area contributed by atoms with Gasteiger partial charge in [0.1, 0.15) is 6.10 Å². The molecule has 0 amide bonds. The Balaban J connectivity index is 5.16. The Morgan fingerprint density at radius 1 is 1.05 bits per heavy atom. The third-order valence-electron chi connectivity index (χ3n) is 3.64. The van der Waals surface area contributed by atoms with E-state index in [9.17, 15) is 0 Å². The molecule has 0 spiro atoms. The highest BCUT2D eigenvalue weighted by molar-refractivity contribution is 6.73. The van der Waals surface area contributed by atoms with E-state index >= 15 is 0 Å². The SMILES string of the molecule is C=C(C)C#CC(CC(C)C)O[Si](CCC)(CCC)CCC. The molecule has 1 nitrogen and oxygen atoms in total. The zero-order valence-electron chi connectivity index (χ0n) is 15.2. The lowest BCUT2D eigenvalue weighted by atomic mass is 10.1. The Morgan fingerprint density at radius 2 is 1.52 bits per heavy atom. The van der Waals surface area contributed by atoms with Crippen molar-refractivity contribution >= 4 is 8.32 Å². The van der Waals surface area contributed by atoms with Gasteiger partial charge in [-0.05, 0) is 43.0 Å². The van der Waals surface area contributed by atoms with Gasteiger partial charge in [-0.3, -0.25) is 0 Å². The molecule has 1 atom stereocenters. The van der Waals surface area contributed by atoms with E-state index in [1.165, 1.54) is 37.4 Å². The maximum Gasteiger partial charge on any atom is 0.194 e. The van der Waals surface area contributed by atoms with Gasteiger partial charge >= 0.3 is 0 Å². The van der Waals surface area contributed by atoms with Crippen LogP contribution in [-0.4, -0.2) is 14.4 Å². The van der Waals surface area contributed by atoms with Gasteiger partial charge in [0.15, 0.2) is 8.32 Å². The second-order valence-electron chi connectivity index (χ2n) is 6.72. The molecule has 0 rings (SSSR count). The summed E-state index contributed by atoms with van der Waals surface area (Å²) in [6.07, 6.45) is 4.82. The van der Waals surface area contributed by atoms with Gasteiger partial charge in [0.05, 0.1) is 0 Å². The quantitative estimate of drug-likeness (QED) is 0.346. The van der Waals surface area contributed by atoms with Crippen molar-refractivity contribution in [3.05, 3.63) is 12.2 Å². The number of hydrogen-bond donors (Lipinski definition) is 0. The smallest absolute Gasteiger partial charge is 0.194 e. The van der Waals surface area contributed by atoms with Crippen molar-refractivity contribution < 1.29 is 4.43 Å². The second-order valence-corrected chi connectivity index (χ2v) is 10.8. The number of allylic oxidation sites excluding steroid dienone is 1. The molecule has 0 fully saturated rings. The van der Waals surface area contributed by atoms with Crippen molar-refractivity contribution in [2.45, 2.75) is 91.5 Å². The zero-order chi connectivity index (χ0) is 16.3. The Bertz CT molecular complexity index is 331. The molecule has 0 saturated carbocycles. The summed E-state index contributed by atoms with van der Waals surface area (Å²) >= 11 is 0. The number of hydrogen-bond acceptors (Lipinski definition) is 1. The molecule has 0 saturated heterocycles. The third kappa shape index (κ3) is 9.17. The van der Waals surface area contributed by atoms with Crippen molar-refractivity contribution in [1.29, 1.82) is 0 Å². The molecule has 0 aromatic heterocycles. The summed E-state index contributed by atoms with van der Waals surface area (Å²) in [5.41, 5.74) is 0.932. The highest BCUT2D eigenvalue weighted by Crippen LogP contribution is 2.30. The summed E-state index contributed by atoms with van der Waals surface area (Å²) < 4.78 is 6.74. The van der Waals surface area contributed by atoms with Crippen molar-refractivity contribution in [3.8, 4) is 11.8 Å². The first-order valence-corrected chi connectivity index (χ1v) is 11.3. The van der Waals surface area contributed by atoms with E-state index in [0.717, 1.165) is 12.0 Å². The lowest BCUT2D eigenvalue weighted by molar-refractivity contribution is 0.211. The summed E-state index contributed by atoms with van der Waals surface area (Å²) in [5, 5.41) is 0. The summed E-state index contributed by atoms with van der Waals surface area (Å²) in [6, 6.07) is 3.83. The maximum atomic E-state index is 6.74. The van der Waals surface area contributed by atoms with Crippen LogP contribution < -0.4 is 0 Å². The second kappa shape index (κ2) is 11.1. The highest BCUT2D eigenvalue weighted by atomic mass is 28.4. The van der Waals surface area contributed by atoms with Gasteiger partial charge in [0.25, 0.3) is 0 Å². The van der Waals surface area contributed by atoms with Gasteiger partial charge in [-0.15, -0.1) is 0 Å². The molecule has 1 unspecified atom stereocenters. The Labute approximate surface area is 134 Å². The van der Waals surface area contributed by atoms with Crippen LogP contribution in [0.5, 0.6) is 0 Å². The average Bonchev–Trinajstić information content (AvgIpc) is 2.36. The fraction of sp³-hybridized carbons (Fsp3) is 0.789. The van der Waals surface area contributed by atoms with Gasteiger partial charge < -0.3 is 4.43 Å². The Kier molecular flexibility index (Phi) is 10.8. The van der Waals surface area contributed by atoms with Crippen molar-refractivity contribution in [3.63, 3.8) is 0 Å². The minimum atomic E-state index is -1.63. The molecular formula is C19H36OSi. The van der Waals surface area contributed by atoms with Gasteiger partial charge in [-0.2, -0.15) is 0 Å². The molecule has 0 aromatic carbocycles. The lowest BCUT2D eigenvalue weighted by Gasteiger charge is -2.34.